The number of carbonyl (C=O) groups excluding carboxylic acids is 1. The van der Waals surface area contributed by atoms with Crippen LogP contribution in [0.5, 0.6) is 0 Å². The van der Waals surface area contributed by atoms with Crippen LogP contribution in [0.3, 0.4) is 0 Å². The Labute approximate surface area is 176 Å². The van der Waals surface area contributed by atoms with E-state index in [0.717, 1.165) is 29.9 Å². The average molecular weight is 399 g/mol. The summed E-state index contributed by atoms with van der Waals surface area (Å²) in [6.07, 6.45) is 5.29. The standard InChI is InChI=1S/C24H25N5O/c1-24(2)15-26-13-18-11-19(3-4-20(18)24)29-14-17-7-10-27-22(21(17)23(29)30)28-12-16-5-8-25-9-6-16/h3-11,26H,12-15H2,1-2H3,(H,27,28). The average Bonchev–Trinajstić information content (AvgIpc) is 3.10. The Balaban J connectivity index is 1.42. The zero-order valence-corrected chi connectivity index (χ0v) is 17.3. The number of benzene rings is 1. The molecular weight excluding hydrogens is 374 g/mol. The number of anilines is 2. The Hall–Kier alpha value is -3.25. The first-order chi connectivity index (χ1) is 14.5. The van der Waals surface area contributed by atoms with Gasteiger partial charge in [0, 0.05) is 49.3 Å². The van der Waals surface area contributed by atoms with Crippen LogP contribution >= 0.6 is 0 Å². The van der Waals surface area contributed by atoms with E-state index >= 15 is 0 Å². The molecule has 6 nitrogen and oxygen atoms in total. The highest BCUT2D eigenvalue weighted by Crippen LogP contribution is 2.36. The summed E-state index contributed by atoms with van der Waals surface area (Å²) in [4.78, 5) is 23.7. The van der Waals surface area contributed by atoms with Gasteiger partial charge in [0.2, 0.25) is 0 Å². The third-order valence-corrected chi connectivity index (χ3v) is 6.05. The van der Waals surface area contributed by atoms with E-state index < -0.39 is 0 Å². The molecule has 2 aliphatic heterocycles. The quantitative estimate of drug-likeness (QED) is 0.701. The van der Waals surface area contributed by atoms with Crippen LogP contribution in [0.25, 0.3) is 0 Å². The van der Waals surface area contributed by atoms with E-state index in [2.05, 4.69) is 52.6 Å². The highest BCUT2D eigenvalue weighted by atomic mass is 16.2. The van der Waals surface area contributed by atoms with Gasteiger partial charge in [0.05, 0.1) is 12.1 Å². The first-order valence-corrected chi connectivity index (χ1v) is 10.3. The van der Waals surface area contributed by atoms with Crippen LogP contribution in [0.4, 0.5) is 11.5 Å². The van der Waals surface area contributed by atoms with Crippen molar-refractivity contribution in [2.24, 2.45) is 0 Å². The predicted molar refractivity (Wildman–Crippen MR) is 117 cm³/mol. The van der Waals surface area contributed by atoms with Crippen molar-refractivity contribution in [3.63, 3.8) is 0 Å². The van der Waals surface area contributed by atoms with Gasteiger partial charge in [0.25, 0.3) is 5.91 Å². The van der Waals surface area contributed by atoms with E-state index in [4.69, 9.17) is 0 Å². The lowest BCUT2D eigenvalue weighted by atomic mass is 9.79. The molecule has 2 N–H and O–H groups in total. The normalized spacial score (nSPS) is 16.9. The summed E-state index contributed by atoms with van der Waals surface area (Å²) in [5.41, 5.74) is 6.42. The second kappa shape index (κ2) is 7.22. The number of rotatable bonds is 4. The molecule has 0 saturated carbocycles. The highest BCUT2D eigenvalue weighted by molar-refractivity contribution is 6.13. The lowest BCUT2D eigenvalue weighted by Gasteiger charge is -2.34. The van der Waals surface area contributed by atoms with Gasteiger partial charge in [-0.15, -0.1) is 0 Å². The number of nitrogens with zero attached hydrogens (tertiary/aromatic N) is 3. The van der Waals surface area contributed by atoms with Crippen LogP contribution in [-0.2, 0) is 25.0 Å². The molecule has 0 aliphatic carbocycles. The minimum Gasteiger partial charge on any atom is -0.365 e. The SMILES string of the molecule is CC1(C)CNCc2cc(N3Cc4ccnc(NCc5ccncc5)c4C3=O)ccc21. The van der Waals surface area contributed by atoms with E-state index in [1.807, 2.05) is 23.1 Å². The summed E-state index contributed by atoms with van der Waals surface area (Å²) in [7, 11) is 0. The first-order valence-electron chi connectivity index (χ1n) is 10.3. The van der Waals surface area contributed by atoms with Crippen LogP contribution in [0.1, 0.15) is 46.5 Å². The maximum atomic E-state index is 13.3. The summed E-state index contributed by atoms with van der Waals surface area (Å²) in [6, 6.07) is 12.3. The van der Waals surface area contributed by atoms with Crippen LogP contribution in [0.2, 0.25) is 0 Å². The molecule has 1 amide bonds. The van der Waals surface area contributed by atoms with Gasteiger partial charge in [-0.3, -0.25) is 9.78 Å². The molecule has 1 aromatic carbocycles. The first kappa shape index (κ1) is 18.8. The summed E-state index contributed by atoms with van der Waals surface area (Å²) in [5.74, 6) is 0.635. The van der Waals surface area contributed by atoms with E-state index in [1.165, 1.54) is 11.1 Å². The van der Waals surface area contributed by atoms with Crippen molar-refractivity contribution >= 4 is 17.4 Å². The predicted octanol–water partition coefficient (Wildman–Crippen LogP) is 3.63. The largest absolute Gasteiger partial charge is 0.365 e. The number of aromatic nitrogens is 2. The van der Waals surface area contributed by atoms with Crippen LogP contribution < -0.4 is 15.5 Å². The third kappa shape index (κ3) is 3.23. The van der Waals surface area contributed by atoms with Crippen LogP contribution in [0.15, 0.2) is 55.0 Å². The topological polar surface area (TPSA) is 70.2 Å². The monoisotopic (exact) mass is 399 g/mol. The van der Waals surface area contributed by atoms with E-state index in [-0.39, 0.29) is 11.3 Å². The molecule has 2 aliphatic rings. The van der Waals surface area contributed by atoms with Crippen molar-refractivity contribution in [2.45, 2.75) is 38.9 Å². The van der Waals surface area contributed by atoms with Gasteiger partial charge < -0.3 is 15.5 Å². The Morgan fingerprint density at radius 1 is 1.10 bits per heavy atom. The molecule has 3 aromatic rings. The van der Waals surface area contributed by atoms with E-state index in [1.54, 1.807) is 18.6 Å². The molecule has 6 heteroatoms. The van der Waals surface area contributed by atoms with Crippen molar-refractivity contribution < 1.29 is 4.79 Å². The summed E-state index contributed by atoms with van der Waals surface area (Å²) in [5, 5.41) is 6.82. The fourth-order valence-electron chi connectivity index (χ4n) is 4.44. The van der Waals surface area contributed by atoms with Gasteiger partial charge in [0.15, 0.2) is 0 Å². The van der Waals surface area contributed by atoms with E-state index in [9.17, 15) is 4.79 Å². The van der Waals surface area contributed by atoms with Gasteiger partial charge in [-0.25, -0.2) is 4.98 Å². The molecule has 152 valence electrons. The molecule has 0 saturated heterocycles. The minimum absolute atomic E-state index is 0.00157. The maximum absolute atomic E-state index is 13.3. The summed E-state index contributed by atoms with van der Waals surface area (Å²) < 4.78 is 0. The number of hydrogen-bond acceptors (Lipinski definition) is 5. The number of amides is 1. The van der Waals surface area contributed by atoms with Gasteiger partial charge in [-0.1, -0.05) is 19.9 Å². The molecule has 4 heterocycles. The molecular formula is C24H25N5O. The number of hydrogen-bond donors (Lipinski definition) is 2. The number of pyridine rings is 2. The van der Waals surface area contributed by atoms with Crippen molar-refractivity contribution in [3.05, 3.63) is 82.8 Å². The Kier molecular flexibility index (Phi) is 4.51. The minimum atomic E-state index is -0.00157. The third-order valence-electron chi connectivity index (χ3n) is 6.05. The van der Waals surface area contributed by atoms with Gasteiger partial charge in [-0.05, 0) is 52.6 Å². The molecule has 0 fully saturated rings. The van der Waals surface area contributed by atoms with Crippen molar-refractivity contribution in [3.8, 4) is 0 Å². The number of carbonyl (C=O) groups is 1. The fraction of sp³-hybridized carbons (Fsp3) is 0.292. The Bertz CT molecular complexity index is 1110. The Morgan fingerprint density at radius 3 is 2.77 bits per heavy atom. The van der Waals surface area contributed by atoms with Crippen LogP contribution in [0, 0.1) is 0 Å². The Morgan fingerprint density at radius 2 is 1.93 bits per heavy atom. The maximum Gasteiger partial charge on any atom is 0.262 e. The van der Waals surface area contributed by atoms with Crippen molar-refractivity contribution in [1.82, 2.24) is 15.3 Å². The van der Waals surface area contributed by atoms with E-state index in [0.29, 0.717) is 24.5 Å². The fourth-order valence-corrected chi connectivity index (χ4v) is 4.44. The molecule has 30 heavy (non-hydrogen) atoms. The second-order valence-electron chi connectivity index (χ2n) is 8.62. The zero-order valence-electron chi connectivity index (χ0n) is 17.3. The highest BCUT2D eigenvalue weighted by Gasteiger charge is 2.33. The van der Waals surface area contributed by atoms with Gasteiger partial charge >= 0.3 is 0 Å². The van der Waals surface area contributed by atoms with Gasteiger partial charge in [-0.2, -0.15) is 0 Å². The molecule has 0 spiro atoms. The molecule has 0 bridgehead atoms. The number of nitrogens with one attached hydrogen (secondary N) is 2. The summed E-state index contributed by atoms with van der Waals surface area (Å²) >= 11 is 0. The smallest absolute Gasteiger partial charge is 0.262 e. The zero-order chi connectivity index (χ0) is 20.7. The number of fused-ring (bicyclic) bond motifs is 2. The second-order valence-corrected chi connectivity index (χ2v) is 8.62. The molecule has 0 unspecified atom stereocenters. The molecule has 5 rings (SSSR count). The molecule has 0 radical (unpaired) electrons. The van der Waals surface area contributed by atoms with Crippen molar-refractivity contribution in [1.29, 1.82) is 0 Å². The molecule has 0 atom stereocenters. The lowest BCUT2D eigenvalue weighted by Crippen LogP contribution is -2.38. The van der Waals surface area contributed by atoms with Crippen LogP contribution in [-0.4, -0.2) is 22.4 Å². The van der Waals surface area contributed by atoms with Gasteiger partial charge in [0.1, 0.15) is 5.82 Å². The summed E-state index contributed by atoms with van der Waals surface area (Å²) in [6.45, 7) is 7.46. The molecule has 2 aromatic heterocycles. The lowest BCUT2D eigenvalue weighted by molar-refractivity contribution is 0.0997. The van der Waals surface area contributed by atoms with Crippen molar-refractivity contribution in [2.75, 3.05) is 16.8 Å².